The molecule has 0 bridgehead atoms. The summed E-state index contributed by atoms with van der Waals surface area (Å²) in [6.07, 6.45) is 2.42. The molecule has 7 heteroatoms. The molecular weight excluding hydrogens is 330 g/mol. The Morgan fingerprint density at radius 2 is 2.00 bits per heavy atom. The lowest BCUT2D eigenvalue weighted by atomic mass is 9.98. The monoisotopic (exact) mass is 347 g/mol. The van der Waals surface area contributed by atoms with Crippen LogP contribution in [0.25, 0.3) is 0 Å². The number of carbonyl (C=O) groups is 2. The SMILES string of the molecule is CC1=NN(c2ccc(C(=O)[C@@H](C#N)C(=O)Nc3ccccn3)cc2)CC1. The van der Waals surface area contributed by atoms with Gasteiger partial charge in [-0.15, -0.1) is 0 Å². The van der Waals surface area contributed by atoms with Crippen molar-refractivity contribution in [3.8, 4) is 6.07 Å². The van der Waals surface area contributed by atoms with Gasteiger partial charge in [0.1, 0.15) is 5.82 Å². The van der Waals surface area contributed by atoms with Crippen LogP contribution in [0.5, 0.6) is 0 Å². The number of amides is 1. The van der Waals surface area contributed by atoms with Crippen molar-refractivity contribution in [2.45, 2.75) is 13.3 Å². The van der Waals surface area contributed by atoms with Crippen LogP contribution in [-0.2, 0) is 4.79 Å². The molecule has 2 aromatic rings. The van der Waals surface area contributed by atoms with Crippen molar-refractivity contribution in [2.24, 2.45) is 11.0 Å². The first-order chi connectivity index (χ1) is 12.6. The zero-order chi connectivity index (χ0) is 18.5. The van der Waals surface area contributed by atoms with Crippen molar-refractivity contribution >= 4 is 28.9 Å². The second kappa shape index (κ2) is 7.57. The maximum Gasteiger partial charge on any atom is 0.250 e. The Kier molecular flexibility index (Phi) is 5.04. The first-order valence-electron chi connectivity index (χ1n) is 8.16. The number of hydrogen-bond donors (Lipinski definition) is 1. The van der Waals surface area contributed by atoms with Crippen molar-refractivity contribution in [3.63, 3.8) is 0 Å². The van der Waals surface area contributed by atoms with E-state index in [-0.39, 0.29) is 0 Å². The molecule has 0 saturated carbocycles. The van der Waals surface area contributed by atoms with E-state index in [1.807, 2.05) is 11.9 Å². The average molecular weight is 347 g/mol. The smallest absolute Gasteiger partial charge is 0.250 e. The largest absolute Gasteiger partial charge is 0.309 e. The molecule has 0 aliphatic carbocycles. The Labute approximate surface area is 151 Å². The predicted molar refractivity (Wildman–Crippen MR) is 97.8 cm³/mol. The lowest BCUT2D eigenvalue weighted by molar-refractivity contribution is -0.117. The van der Waals surface area contributed by atoms with Gasteiger partial charge in [0.15, 0.2) is 11.7 Å². The minimum absolute atomic E-state index is 0.295. The quantitative estimate of drug-likeness (QED) is 0.662. The summed E-state index contributed by atoms with van der Waals surface area (Å²) in [5, 5.41) is 18.0. The van der Waals surface area contributed by atoms with Crippen molar-refractivity contribution in [3.05, 3.63) is 54.2 Å². The van der Waals surface area contributed by atoms with Crippen LogP contribution >= 0.6 is 0 Å². The fourth-order valence-corrected chi connectivity index (χ4v) is 2.60. The number of nitriles is 1. The number of hydrogen-bond acceptors (Lipinski definition) is 6. The number of Topliss-reactive ketones (excluding diaryl/α,β-unsaturated/α-hetero) is 1. The van der Waals surface area contributed by atoms with E-state index in [1.54, 1.807) is 48.5 Å². The molecule has 130 valence electrons. The third kappa shape index (κ3) is 3.75. The topological polar surface area (TPSA) is 98.5 Å². The molecule has 7 nitrogen and oxygen atoms in total. The van der Waals surface area contributed by atoms with Gasteiger partial charge in [0, 0.05) is 30.4 Å². The molecule has 0 saturated heterocycles. The Hall–Kier alpha value is -3.53. The highest BCUT2D eigenvalue weighted by atomic mass is 16.2. The molecule has 1 atom stereocenters. The number of pyridine rings is 1. The van der Waals surface area contributed by atoms with Crippen molar-refractivity contribution < 1.29 is 9.59 Å². The highest BCUT2D eigenvalue weighted by Gasteiger charge is 2.28. The van der Waals surface area contributed by atoms with Gasteiger partial charge in [0.2, 0.25) is 0 Å². The Morgan fingerprint density at radius 3 is 2.58 bits per heavy atom. The molecule has 0 spiro atoms. The van der Waals surface area contributed by atoms with Crippen LogP contribution in [0.4, 0.5) is 11.5 Å². The van der Waals surface area contributed by atoms with Crippen molar-refractivity contribution in [1.82, 2.24) is 4.98 Å². The zero-order valence-corrected chi connectivity index (χ0v) is 14.2. The van der Waals surface area contributed by atoms with E-state index in [0.29, 0.717) is 11.4 Å². The summed E-state index contributed by atoms with van der Waals surface area (Å²) in [7, 11) is 0. The minimum Gasteiger partial charge on any atom is -0.309 e. The standard InChI is InChI=1S/C19H17N5O2/c1-13-9-11-24(23-13)15-7-5-14(6-8-15)18(25)16(12-20)19(26)22-17-4-2-3-10-21-17/h2-8,10,16H,9,11H2,1H3,(H,21,22,26)/t16-/m1/s1. The third-order valence-corrected chi connectivity index (χ3v) is 4.00. The first-order valence-corrected chi connectivity index (χ1v) is 8.16. The molecule has 0 fully saturated rings. The number of nitrogens with one attached hydrogen (secondary N) is 1. The molecule has 0 unspecified atom stereocenters. The minimum atomic E-state index is -1.44. The van der Waals surface area contributed by atoms with E-state index in [2.05, 4.69) is 15.4 Å². The Bertz CT molecular complexity index is 884. The molecule has 1 aromatic heterocycles. The lowest BCUT2D eigenvalue weighted by Gasteiger charge is -2.14. The Morgan fingerprint density at radius 1 is 1.23 bits per heavy atom. The summed E-state index contributed by atoms with van der Waals surface area (Å²) in [5.74, 6) is -2.38. The molecule has 2 heterocycles. The number of ketones is 1. The van der Waals surface area contributed by atoms with Crippen molar-refractivity contribution in [1.29, 1.82) is 5.26 Å². The van der Waals surface area contributed by atoms with Gasteiger partial charge in [-0.25, -0.2) is 4.98 Å². The van der Waals surface area contributed by atoms with Crippen LogP contribution in [0, 0.1) is 17.2 Å². The van der Waals surface area contributed by atoms with Crippen LogP contribution in [0.15, 0.2) is 53.8 Å². The number of aromatic nitrogens is 1. The molecule has 26 heavy (non-hydrogen) atoms. The highest BCUT2D eigenvalue weighted by molar-refractivity contribution is 6.15. The number of rotatable bonds is 5. The number of carbonyl (C=O) groups excluding carboxylic acids is 2. The number of nitrogens with zero attached hydrogens (tertiary/aromatic N) is 4. The number of hydrazone groups is 1. The second-order valence-electron chi connectivity index (χ2n) is 5.89. The van der Waals surface area contributed by atoms with Gasteiger partial charge in [-0.1, -0.05) is 6.07 Å². The van der Waals surface area contributed by atoms with E-state index in [1.165, 1.54) is 6.20 Å². The second-order valence-corrected chi connectivity index (χ2v) is 5.89. The molecular formula is C19H17N5O2. The number of benzene rings is 1. The van der Waals surface area contributed by atoms with Crippen LogP contribution in [-0.4, -0.2) is 28.9 Å². The van der Waals surface area contributed by atoms with E-state index in [0.717, 1.165) is 24.4 Å². The molecule has 3 rings (SSSR count). The summed E-state index contributed by atoms with van der Waals surface area (Å²) in [5.41, 5.74) is 2.22. The molecule has 1 aromatic carbocycles. The lowest BCUT2D eigenvalue weighted by Crippen LogP contribution is -2.29. The van der Waals surface area contributed by atoms with Crippen LogP contribution in [0.1, 0.15) is 23.7 Å². The van der Waals surface area contributed by atoms with E-state index in [9.17, 15) is 14.9 Å². The number of anilines is 2. The van der Waals surface area contributed by atoms with Gasteiger partial charge >= 0.3 is 0 Å². The molecule has 1 N–H and O–H groups in total. The van der Waals surface area contributed by atoms with Gasteiger partial charge in [-0.2, -0.15) is 10.4 Å². The summed E-state index contributed by atoms with van der Waals surface area (Å²) in [6, 6.07) is 13.5. The van der Waals surface area contributed by atoms with E-state index in [4.69, 9.17) is 0 Å². The molecule has 0 radical (unpaired) electrons. The third-order valence-electron chi connectivity index (χ3n) is 4.00. The summed E-state index contributed by atoms with van der Waals surface area (Å²) >= 11 is 0. The van der Waals surface area contributed by atoms with E-state index >= 15 is 0 Å². The van der Waals surface area contributed by atoms with E-state index < -0.39 is 17.6 Å². The summed E-state index contributed by atoms with van der Waals surface area (Å²) < 4.78 is 0. The fourth-order valence-electron chi connectivity index (χ4n) is 2.60. The first kappa shape index (κ1) is 17.3. The fraction of sp³-hybridized carbons (Fsp3) is 0.211. The molecule has 1 amide bonds. The predicted octanol–water partition coefficient (Wildman–Crippen LogP) is 2.63. The van der Waals surface area contributed by atoms with Gasteiger partial charge in [-0.3, -0.25) is 14.6 Å². The van der Waals surface area contributed by atoms with Crippen LogP contribution in [0.2, 0.25) is 0 Å². The highest BCUT2D eigenvalue weighted by Crippen LogP contribution is 2.21. The molecule has 1 aliphatic heterocycles. The zero-order valence-electron chi connectivity index (χ0n) is 14.2. The van der Waals surface area contributed by atoms with Gasteiger partial charge in [-0.05, 0) is 43.3 Å². The van der Waals surface area contributed by atoms with Gasteiger partial charge in [0.25, 0.3) is 5.91 Å². The van der Waals surface area contributed by atoms with Crippen LogP contribution < -0.4 is 10.3 Å². The van der Waals surface area contributed by atoms with Gasteiger partial charge < -0.3 is 5.32 Å². The maximum atomic E-state index is 12.5. The maximum absolute atomic E-state index is 12.5. The summed E-state index contributed by atoms with van der Waals surface area (Å²) in [6.45, 7) is 2.77. The Balaban J connectivity index is 1.72. The van der Waals surface area contributed by atoms with Crippen molar-refractivity contribution in [2.75, 3.05) is 16.9 Å². The molecule has 1 aliphatic rings. The summed E-state index contributed by atoms with van der Waals surface area (Å²) in [4.78, 5) is 28.8. The van der Waals surface area contributed by atoms with Crippen LogP contribution in [0.3, 0.4) is 0 Å². The average Bonchev–Trinajstić information content (AvgIpc) is 3.09. The normalized spacial score (nSPS) is 14.3. The van der Waals surface area contributed by atoms with Gasteiger partial charge in [0.05, 0.1) is 11.8 Å².